The molecule has 0 spiro atoms. The van der Waals surface area contributed by atoms with Crippen LogP contribution in [-0.4, -0.2) is 44.0 Å². The Balaban J connectivity index is 1.39. The van der Waals surface area contributed by atoms with Crippen LogP contribution in [0.3, 0.4) is 0 Å². The first-order chi connectivity index (χ1) is 15.2. The molecule has 0 bridgehead atoms. The van der Waals surface area contributed by atoms with E-state index in [0.717, 1.165) is 65.1 Å². The molecule has 2 N–H and O–H groups in total. The molecule has 2 fully saturated rings. The van der Waals surface area contributed by atoms with Gasteiger partial charge in [0.05, 0.1) is 23.5 Å². The summed E-state index contributed by atoms with van der Waals surface area (Å²) in [5, 5.41) is 18.3. The van der Waals surface area contributed by atoms with Gasteiger partial charge < -0.3 is 10.6 Å². The quantitative estimate of drug-likeness (QED) is 0.554. The van der Waals surface area contributed by atoms with Gasteiger partial charge in [0.25, 0.3) is 0 Å². The number of rotatable bonds is 4. The molecule has 1 saturated carbocycles. The van der Waals surface area contributed by atoms with Gasteiger partial charge in [-0.1, -0.05) is 0 Å². The van der Waals surface area contributed by atoms with Crippen LogP contribution in [0.1, 0.15) is 5.56 Å². The predicted octanol–water partition coefficient (Wildman–Crippen LogP) is 2.31. The van der Waals surface area contributed by atoms with Crippen LogP contribution in [-0.2, 0) is 7.05 Å². The standard InChI is InChI=1S/C23H22N8/c1-29-10-17(9-27-29)15-4-18(23-16(5-24)8-28-31(23)11-15)14-2-3-22(26-7-14)30-12-20-19(6-25)21(20)13-30/h2-4,7-11,19-21H,6,12-13,25H2,1H3/t19-,20-,21+. The van der Waals surface area contributed by atoms with Crippen molar-refractivity contribution in [2.24, 2.45) is 30.5 Å². The van der Waals surface area contributed by atoms with E-state index >= 15 is 0 Å². The molecule has 5 heterocycles. The number of anilines is 1. The van der Waals surface area contributed by atoms with Crippen LogP contribution in [0.4, 0.5) is 5.82 Å². The van der Waals surface area contributed by atoms with Crippen molar-refractivity contribution >= 4 is 11.3 Å². The number of aromatic nitrogens is 5. The van der Waals surface area contributed by atoms with Gasteiger partial charge in [-0.2, -0.15) is 15.5 Å². The molecule has 1 aliphatic carbocycles. The zero-order chi connectivity index (χ0) is 21.1. The van der Waals surface area contributed by atoms with Crippen LogP contribution in [0.2, 0.25) is 0 Å². The van der Waals surface area contributed by atoms with E-state index in [1.807, 2.05) is 31.8 Å². The third-order valence-corrected chi connectivity index (χ3v) is 6.80. The lowest BCUT2D eigenvalue weighted by atomic mass is 10.0. The Kier molecular flexibility index (Phi) is 3.88. The number of pyridine rings is 2. The smallest absolute Gasteiger partial charge is 0.128 e. The minimum absolute atomic E-state index is 0.546. The molecular formula is C23H22N8. The Morgan fingerprint density at radius 1 is 1.06 bits per heavy atom. The summed E-state index contributed by atoms with van der Waals surface area (Å²) in [6.45, 7) is 2.88. The largest absolute Gasteiger partial charge is 0.356 e. The topological polar surface area (TPSA) is 101 Å². The molecule has 0 aromatic carbocycles. The normalized spacial score (nSPS) is 22.0. The first-order valence-electron chi connectivity index (χ1n) is 10.5. The summed E-state index contributed by atoms with van der Waals surface area (Å²) in [5.74, 6) is 3.16. The van der Waals surface area contributed by atoms with Crippen molar-refractivity contribution in [2.75, 3.05) is 24.5 Å². The fraction of sp³-hybridized carbons (Fsp3) is 0.304. The van der Waals surface area contributed by atoms with Gasteiger partial charge in [0.15, 0.2) is 0 Å². The summed E-state index contributed by atoms with van der Waals surface area (Å²) in [6.07, 6.45) is 9.24. The minimum Gasteiger partial charge on any atom is -0.356 e. The van der Waals surface area contributed by atoms with Gasteiger partial charge >= 0.3 is 0 Å². The third kappa shape index (κ3) is 2.81. The zero-order valence-electron chi connectivity index (χ0n) is 17.2. The van der Waals surface area contributed by atoms with E-state index in [1.165, 1.54) is 0 Å². The maximum absolute atomic E-state index is 9.60. The van der Waals surface area contributed by atoms with Crippen LogP contribution in [0.15, 0.2) is 49.2 Å². The first-order valence-corrected chi connectivity index (χ1v) is 10.5. The molecule has 154 valence electrons. The number of nitriles is 1. The van der Waals surface area contributed by atoms with Gasteiger partial charge in [-0.3, -0.25) is 4.68 Å². The van der Waals surface area contributed by atoms with Crippen LogP contribution in [0, 0.1) is 29.1 Å². The summed E-state index contributed by atoms with van der Waals surface area (Å²) >= 11 is 0. The van der Waals surface area contributed by atoms with Crippen molar-refractivity contribution in [1.82, 2.24) is 24.4 Å². The fourth-order valence-corrected chi connectivity index (χ4v) is 5.07. The Morgan fingerprint density at radius 2 is 1.90 bits per heavy atom. The molecule has 3 atom stereocenters. The van der Waals surface area contributed by atoms with Gasteiger partial charge in [-0.05, 0) is 42.5 Å². The number of piperidine rings is 1. The van der Waals surface area contributed by atoms with Crippen LogP contribution in [0.5, 0.6) is 0 Å². The molecule has 2 aliphatic rings. The highest BCUT2D eigenvalue weighted by Crippen LogP contribution is 2.51. The number of fused-ring (bicyclic) bond motifs is 2. The number of hydrogen-bond acceptors (Lipinski definition) is 6. The molecule has 31 heavy (non-hydrogen) atoms. The lowest BCUT2D eigenvalue weighted by Crippen LogP contribution is -2.26. The maximum atomic E-state index is 9.60. The van der Waals surface area contributed by atoms with Gasteiger partial charge in [-0.15, -0.1) is 0 Å². The van der Waals surface area contributed by atoms with Gasteiger partial charge in [0.1, 0.15) is 11.9 Å². The van der Waals surface area contributed by atoms with E-state index in [9.17, 15) is 5.26 Å². The molecule has 8 heteroatoms. The summed E-state index contributed by atoms with van der Waals surface area (Å²) in [4.78, 5) is 7.12. The number of nitrogens with zero attached hydrogens (tertiary/aromatic N) is 7. The molecular weight excluding hydrogens is 388 g/mol. The zero-order valence-corrected chi connectivity index (χ0v) is 17.2. The van der Waals surface area contributed by atoms with Crippen LogP contribution >= 0.6 is 0 Å². The second-order valence-electron chi connectivity index (χ2n) is 8.55. The summed E-state index contributed by atoms with van der Waals surface area (Å²) in [7, 11) is 1.89. The Bertz CT molecular complexity index is 1310. The second kappa shape index (κ2) is 6.65. The monoisotopic (exact) mass is 410 g/mol. The Labute approximate surface area is 179 Å². The van der Waals surface area contributed by atoms with Crippen molar-refractivity contribution in [3.05, 3.63) is 54.7 Å². The maximum Gasteiger partial charge on any atom is 0.128 e. The van der Waals surface area contributed by atoms with E-state index < -0.39 is 0 Å². The van der Waals surface area contributed by atoms with E-state index in [1.54, 1.807) is 15.4 Å². The van der Waals surface area contributed by atoms with Crippen molar-refractivity contribution < 1.29 is 0 Å². The number of nitrogens with two attached hydrogens (primary N) is 1. The lowest BCUT2D eigenvalue weighted by Gasteiger charge is -2.20. The van der Waals surface area contributed by atoms with Gasteiger partial charge in [0.2, 0.25) is 0 Å². The molecule has 0 unspecified atom stereocenters. The summed E-state index contributed by atoms with van der Waals surface area (Å²) in [5.41, 5.74) is 11.0. The highest BCUT2D eigenvalue weighted by atomic mass is 15.2. The average Bonchev–Trinajstić information content (AvgIpc) is 3.23. The molecule has 1 saturated heterocycles. The molecule has 0 amide bonds. The molecule has 0 radical (unpaired) electrons. The average molecular weight is 410 g/mol. The summed E-state index contributed by atoms with van der Waals surface area (Å²) in [6, 6.07) is 8.51. The summed E-state index contributed by atoms with van der Waals surface area (Å²) < 4.78 is 3.54. The van der Waals surface area contributed by atoms with Crippen LogP contribution in [0.25, 0.3) is 27.8 Å². The van der Waals surface area contributed by atoms with Crippen molar-refractivity contribution in [2.45, 2.75) is 0 Å². The fourth-order valence-electron chi connectivity index (χ4n) is 5.07. The van der Waals surface area contributed by atoms with Gasteiger partial charge in [0, 0.05) is 61.0 Å². The highest BCUT2D eigenvalue weighted by molar-refractivity contribution is 5.87. The molecule has 8 nitrogen and oxygen atoms in total. The minimum atomic E-state index is 0.546. The highest BCUT2D eigenvalue weighted by Gasteiger charge is 2.54. The number of hydrogen-bond donors (Lipinski definition) is 1. The van der Waals surface area contributed by atoms with Crippen LogP contribution < -0.4 is 10.6 Å². The second-order valence-corrected chi connectivity index (χ2v) is 8.55. The molecule has 6 rings (SSSR count). The molecule has 4 aromatic heterocycles. The SMILES string of the molecule is Cn1cc(-c2cc(-c3ccc(N4C[C@@H]5[C@@H](CN)[C@@H]5C4)nc3)c3c(C#N)cnn3c2)cn1. The van der Waals surface area contributed by atoms with E-state index in [0.29, 0.717) is 11.5 Å². The van der Waals surface area contributed by atoms with Crippen molar-refractivity contribution in [1.29, 1.82) is 5.26 Å². The van der Waals surface area contributed by atoms with E-state index in [4.69, 9.17) is 10.7 Å². The van der Waals surface area contributed by atoms with Crippen molar-refractivity contribution in [3.8, 4) is 28.3 Å². The van der Waals surface area contributed by atoms with Crippen molar-refractivity contribution in [3.63, 3.8) is 0 Å². The molecule has 1 aliphatic heterocycles. The van der Waals surface area contributed by atoms with E-state index in [-0.39, 0.29) is 0 Å². The lowest BCUT2D eigenvalue weighted by molar-refractivity contribution is 0.644. The van der Waals surface area contributed by atoms with E-state index in [2.05, 4.69) is 39.4 Å². The third-order valence-electron chi connectivity index (χ3n) is 6.80. The van der Waals surface area contributed by atoms with Gasteiger partial charge in [-0.25, -0.2) is 9.50 Å². The Hall–Kier alpha value is -3.70. The molecule has 4 aromatic rings. The Morgan fingerprint density at radius 3 is 2.55 bits per heavy atom. The first kappa shape index (κ1) is 18.1. The predicted molar refractivity (Wildman–Crippen MR) is 117 cm³/mol. The number of aryl methyl sites for hydroxylation is 1.